The molecule has 6 heteroatoms. The fourth-order valence-electron chi connectivity index (χ4n) is 2.64. The standard InChI is InChI=1S/C14H15ClN4S/c1-8-12-13(18(3)17-8)19(14(20)16-12)9(2)10-6-4-5-7-11(10)15/h4-7,9H,1-3H3,(H,16,20). The Morgan fingerprint density at radius 2 is 2.05 bits per heavy atom. The second-order valence-electron chi connectivity index (χ2n) is 4.91. The Balaban J connectivity index is 2.27. The molecule has 0 aliphatic carbocycles. The number of nitrogens with one attached hydrogen (secondary N) is 1. The smallest absolute Gasteiger partial charge is 0.179 e. The number of imidazole rings is 1. The van der Waals surface area contributed by atoms with Crippen LogP contribution in [-0.2, 0) is 7.05 Å². The first-order valence-corrected chi connectivity index (χ1v) is 7.17. The van der Waals surface area contributed by atoms with Crippen LogP contribution in [0.1, 0.15) is 24.2 Å². The Labute approximate surface area is 127 Å². The van der Waals surface area contributed by atoms with Crippen LogP contribution in [0.2, 0.25) is 5.02 Å². The van der Waals surface area contributed by atoms with E-state index < -0.39 is 0 Å². The average molecular weight is 307 g/mol. The number of aromatic amines is 1. The third-order valence-electron chi connectivity index (χ3n) is 3.61. The molecule has 0 aliphatic heterocycles. The van der Waals surface area contributed by atoms with Gasteiger partial charge in [0.05, 0.1) is 11.7 Å². The topological polar surface area (TPSA) is 38.5 Å². The number of nitrogens with zero attached hydrogens (tertiary/aromatic N) is 3. The van der Waals surface area contributed by atoms with Gasteiger partial charge in [-0.3, -0.25) is 9.25 Å². The van der Waals surface area contributed by atoms with E-state index in [2.05, 4.69) is 21.6 Å². The minimum absolute atomic E-state index is 0.0414. The molecular weight excluding hydrogens is 292 g/mol. The fraction of sp³-hybridized carbons (Fsp3) is 0.286. The van der Waals surface area contributed by atoms with Gasteiger partial charge < -0.3 is 4.98 Å². The van der Waals surface area contributed by atoms with Crippen molar-refractivity contribution in [1.29, 1.82) is 0 Å². The molecule has 2 aromatic heterocycles. The molecule has 1 aromatic carbocycles. The third kappa shape index (κ3) is 1.89. The zero-order chi connectivity index (χ0) is 14.4. The van der Waals surface area contributed by atoms with Crippen molar-refractivity contribution in [2.45, 2.75) is 19.9 Å². The Hall–Kier alpha value is -1.59. The molecule has 1 unspecified atom stereocenters. The summed E-state index contributed by atoms with van der Waals surface area (Å²) in [5.74, 6) is 0. The van der Waals surface area contributed by atoms with Crippen molar-refractivity contribution in [3.8, 4) is 0 Å². The van der Waals surface area contributed by atoms with Crippen LogP contribution >= 0.6 is 23.8 Å². The first-order valence-electron chi connectivity index (χ1n) is 6.39. The van der Waals surface area contributed by atoms with Crippen molar-refractivity contribution in [3.05, 3.63) is 45.3 Å². The van der Waals surface area contributed by atoms with E-state index in [-0.39, 0.29) is 6.04 Å². The Bertz CT molecular complexity index is 843. The van der Waals surface area contributed by atoms with Gasteiger partial charge in [-0.1, -0.05) is 29.8 Å². The predicted octanol–water partition coefficient (Wildman–Crippen LogP) is 4.00. The van der Waals surface area contributed by atoms with E-state index in [1.165, 1.54) is 0 Å². The maximum Gasteiger partial charge on any atom is 0.179 e. The van der Waals surface area contributed by atoms with Gasteiger partial charge in [-0.25, -0.2) is 0 Å². The Kier molecular flexibility index (Phi) is 3.18. The summed E-state index contributed by atoms with van der Waals surface area (Å²) in [5.41, 5.74) is 3.96. The van der Waals surface area contributed by atoms with Crippen molar-refractivity contribution >= 4 is 35.0 Å². The summed E-state index contributed by atoms with van der Waals surface area (Å²) in [7, 11) is 1.92. The van der Waals surface area contributed by atoms with Gasteiger partial charge in [-0.2, -0.15) is 5.10 Å². The maximum atomic E-state index is 6.30. The molecule has 0 radical (unpaired) electrons. The van der Waals surface area contributed by atoms with Crippen LogP contribution in [0.4, 0.5) is 0 Å². The lowest BCUT2D eigenvalue weighted by molar-refractivity contribution is 0.620. The van der Waals surface area contributed by atoms with Crippen molar-refractivity contribution in [3.63, 3.8) is 0 Å². The van der Waals surface area contributed by atoms with Crippen LogP contribution in [0.5, 0.6) is 0 Å². The van der Waals surface area contributed by atoms with Gasteiger partial charge in [0.25, 0.3) is 0 Å². The minimum atomic E-state index is 0.0414. The molecule has 104 valence electrons. The molecule has 0 amide bonds. The van der Waals surface area contributed by atoms with Gasteiger partial charge in [0.1, 0.15) is 5.52 Å². The lowest BCUT2D eigenvalue weighted by Crippen LogP contribution is -2.10. The molecular formula is C14H15ClN4S. The van der Waals surface area contributed by atoms with Gasteiger partial charge in [0.15, 0.2) is 10.4 Å². The minimum Gasteiger partial charge on any atom is -0.328 e. The molecule has 1 atom stereocenters. The molecule has 3 aromatic rings. The summed E-state index contributed by atoms with van der Waals surface area (Å²) >= 11 is 11.8. The molecule has 2 heterocycles. The summed E-state index contributed by atoms with van der Waals surface area (Å²) in [6.45, 7) is 4.06. The third-order valence-corrected chi connectivity index (χ3v) is 4.26. The average Bonchev–Trinajstić information content (AvgIpc) is 2.88. The number of halogens is 1. The van der Waals surface area contributed by atoms with Crippen molar-refractivity contribution < 1.29 is 0 Å². The predicted molar refractivity (Wildman–Crippen MR) is 83.9 cm³/mol. The number of aromatic nitrogens is 4. The van der Waals surface area contributed by atoms with Crippen LogP contribution in [-0.4, -0.2) is 19.3 Å². The Morgan fingerprint density at radius 1 is 1.35 bits per heavy atom. The normalized spacial score (nSPS) is 13.0. The number of H-pyrrole nitrogens is 1. The summed E-state index contributed by atoms with van der Waals surface area (Å²) in [6, 6.07) is 7.88. The van der Waals surface area contributed by atoms with E-state index in [9.17, 15) is 0 Å². The van der Waals surface area contributed by atoms with Crippen molar-refractivity contribution in [2.75, 3.05) is 0 Å². The van der Waals surface area contributed by atoms with Gasteiger partial charge in [0.2, 0.25) is 0 Å². The second kappa shape index (κ2) is 4.75. The van der Waals surface area contributed by atoms with Crippen LogP contribution in [0.3, 0.4) is 0 Å². The molecule has 0 aliphatic rings. The molecule has 1 N–H and O–H groups in total. The van der Waals surface area contributed by atoms with E-state index in [1.807, 2.05) is 42.9 Å². The van der Waals surface area contributed by atoms with Crippen molar-refractivity contribution in [1.82, 2.24) is 19.3 Å². The van der Waals surface area contributed by atoms with E-state index in [4.69, 9.17) is 23.8 Å². The molecule has 3 rings (SSSR count). The van der Waals surface area contributed by atoms with Crippen molar-refractivity contribution in [2.24, 2.45) is 7.05 Å². The van der Waals surface area contributed by atoms with E-state index >= 15 is 0 Å². The van der Waals surface area contributed by atoms with E-state index in [0.717, 1.165) is 27.4 Å². The lowest BCUT2D eigenvalue weighted by Gasteiger charge is -2.16. The molecule has 0 bridgehead atoms. The van der Waals surface area contributed by atoms with E-state index in [1.54, 1.807) is 0 Å². The van der Waals surface area contributed by atoms with Crippen LogP contribution in [0.15, 0.2) is 24.3 Å². The summed E-state index contributed by atoms with van der Waals surface area (Å²) in [5, 5.41) is 5.18. The molecule has 0 fully saturated rings. The molecule has 20 heavy (non-hydrogen) atoms. The summed E-state index contributed by atoms with van der Waals surface area (Å²) in [6.07, 6.45) is 0. The lowest BCUT2D eigenvalue weighted by atomic mass is 10.1. The largest absolute Gasteiger partial charge is 0.328 e. The Morgan fingerprint density at radius 3 is 2.75 bits per heavy atom. The first kappa shape index (κ1) is 13.4. The van der Waals surface area contributed by atoms with Crippen LogP contribution in [0, 0.1) is 11.7 Å². The highest BCUT2D eigenvalue weighted by Gasteiger charge is 2.19. The number of fused-ring (bicyclic) bond motifs is 1. The zero-order valence-corrected chi connectivity index (χ0v) is 13.1. The molecule has 4 nitrogen and oxygen atoms in total. The quantitative estimate of drug-likeness (QED) is 0.727. The highest BCUT2D eigenvalue weighted by Crippen LogP contribution is 2.29. The highest BCUT2D eigenvalue weighted by molar-refractivity contribution is 7.71. The highest BCUT2D eigenvalue weighted by atomic mass is 35.5. The van der Waals surface area contributed by atoms with E-state index in [0.29, 0.717) is 4.77 Å². The zero-order valence-electron chi connectivity index (χ0n) is 11.5. The first-order chi connectivity index (χ1) is 9.50. The summed E-state index contributed by atoms with van der Waals surface area (Å²) < 4.78 is 4.60. The van der Waals surface area contributed by atoms with Gasteiger partial charge in [-0.05, 0) is 37.7 Å². The second-order valence-corrected chi connectivity index (χ2v) is 5.70. The number of hydrogen-bond donors (Lipinski definition) is 1. The van der Waals surface area contributed by atoms with Gasteiger partial charge >= 0.3 is 0 Å². The number of hydrogen-bond acceptors (Lipinski definition) is 2. The number of aryl methyl sites for hydroxylation is 2. The van der Waals surface area contributed by atoms with Crippen LogP contribution < -0.4 is 0 Å². The van der Waals surface area contributed by atoms with Gasteiger partial charge in [0, 0.05) is 12.1 Å². The molecule has 0 saturated heterocycles. The summed E-state index contributed by atoms with van der Waals surface area (Å²) in [4.78, 5) is 3.24. The van der Waals surface area contributed by atoms with Crippen LogP contribution in [0.25, 0.3) is 11.2 Å². The monoisotopic (exact) mass is 306 g/mol. The molecule has 0 saturated carbocycles. The van der Waals surface area contributed by atoms with Gasteiger partial charge in [-0.15, -0.1) is 0 Å². The maximum absolute atomic E-state index is 6.30. The SMILES string of the molecule is Cc1nn(C)c2c1[nH]c(=S)n2C(C)c1ccccc1Cl. The number of rotatable bonds is 2. The fourth-order valence-corrected chi connectivity index (χ4v) is 3.28. The number of benzene rings is 1. The molecule has 0 spiro atoms.